The normalized spacial score (nSPS) is 12.0. The molecule has 0 amide bonds. The van der Waals surface area contributed by atoms with Crippen LogP contribution < -0.4 is 24.0 Å². The molecule has 0 aliphatic carbocycles. The molecule has 0 N–H and O–H groups in total. The van der Waals surface area contributed by atoms with Gasteiger partial charge in [0.25, 0.3) is 0 Å². The summed E-state index contributed by atoms with van der Waals surface area (Å²) in [5.41, 5.74) is 2.06. The SMILES string of the molecule is CC(C)Cc1ccc(C(C)C(=O)[O-])cc1.[Li+]. The van der Waals surface area contributed by atoms with Gasteiger partial charge in [0, 0.05) is 11.9 Å². The Bertz CT molecular complexity index is 330. The Kier molecular flexibility index (Phi) is 6.48. The monoisotopic (exact) mass is 212 g/mol. The van der Waals surface area contributed by atoms with E-state index >= 15 is 0 Å². The van der Waals surface area contributed by atoms with Crippen molar-refractivity contribution in [2.45, 2.75) is 33.1 Å². The van der Waals surface area contributed by atoms with Crippen LogP contribution in [0.4, 0.5) is 0 Å². The minimum Gasteiger partial charge on any atom is -0.550 e. The number of carboxylic acids is 1. The van der Waals surface area contributed by atoms with E-state index in [0.717, 1.165) is 12.0 Å². The third-order valence-corrected chi connectivity index (χ3v) is 2.48. The van der Waals surface area contributed by atoms with Crippen molar-refractivity contribution in [2.75, 3.05) is 0 Å². The molecule has 0 saturated carbocycles. The third-order valence-electron chi connectivity index (χ3n) is 2.48. The Morgan fingerprint density at radius 3 is 2.06 bits per heavy atom. The number of hydrogen-bond acceptors (Lipinski definition) is 2. The first-order chi connectivity index (χ1) is 7.00. The molecule has 0 aliphatic rings. The van der Waals surface area contributed by atoms with E-state index < -0.39 is 11.9 Å². The van der Waals surface area contributed by atoms with Gasteiger partial charge in [-0.2, -0.15) is 0 Å². The van der Waals surface area contributed by atoms with Crippen LogP contribution in [0.25, 0.3) is 0 Å². The van der Waals surface area contributed by atoms with E-state index in [4.69, 9.17) is 0 Å². The zero-order valence-corrected chi connectivity index (χ0v) is 10.5. The largest absolute Gasteiger partial charge is 1.00 e. The van der Waals surface area contributed by atoms with Crippen molar-refractivity contribution in [3.8, 4) is 0 Å². The summed E-state index contributed by atoms with van der Waals surface area (Å²) in [6, 6.07) is 7.74. The van der Waals surface area contributed by atoms with Crippen LogP contribution in [-0.2, 0) is 11.2 Å². The minimum atomic E-state index is -1.02. The molecule has 82 valence electrons. The van der Waals surface area contributed by atoms with Crippen LogP contribution in [0.2, 0.25) is 0 Å². The summed E-state index contributed by atoms with van der Waals surface area (Å²) in [5, 5.41) is 10.7. The van der Waals surface area contributed by atoms with Crippen molar-refractivity contribution in [1.29, 1.82) is 0 Å². The molecule has 1 aromatic carbocycles. The molecule has 0 aromatic heterocycles. The topological polar surface area (TPSA) is 40.1 Å². The molecule has 0 fully saturated rings. The standard InChI is InChI=1S/C13H18O2.Li/c1-9(2)8-11-4-6-12(7-5-11)10(3)13(14)15;/h4-7,9-10H,8H2,1-3H3,(H,14,15);/q;+1/p-1. The summed E-state index contributed by atoms with van der Waals surface area (Å²) in [7, 11) is 0. The number of aliphatic carboxylic acids is 1. The van der Waals surface area contributed by atoms with Crippen molar-refractivity contribution >= 4 is 5.97 Å². The fourth-order valence-electron chi connectivity index (χ4n) is 1.55. The molecule has 0 spiro atoms. The second-order valence-corrected chi connectivity index (χ2v) is 4.38. The van der Waals surface area contributed by atoms with E-state index in [1.54, 1.807) is 6.92 Å². The Labute approximate surface area is 109 Å². The number of hydrogen-bond donors (Lipinski definition) is 0. The van der Waals surface area contributed by atoms with Crippen LogP contribution in [0.3, 0.4) is 0 Å². The summed E-state index contributed by atoms with van der Waals surface area (Å²) >= 11 is 0. The predicted octanol–water partition coefficient (Wildman–Crippen LogP) is -1.26. The van der Waals surface area contributed by atoms with E-state index in [9.17, 15) is 9.90 Å². The van der Waals surface area contributed by atoms with Gasteiger partial charge in [-0.3, -0.25) is 0 Å². The maximum absolute atomic E-state index is 10.7. The van der Waals surface area contributed by atoms with Gasteiger partial charge in [-0.15, -0.1) is 0 Å². The predicted molar refractivity (Wildman–Crippen MR) is 58.4 cm³/mol. The van der Waals surface area contributed by atoms with Crippen molar-refractivity contribution in [2.24, 2.45) is 5.92 Å². The van der Waals surface area contributed by atoms with Gasteiger partial charge in [-0.1, -0.05) is 45.0 Å². The van der Waals surface area contributed by atoms with Gasteiger partial charge in [0.2, 0.25) is 0 Å². The molecule has 0 heterocycles. The van der Waals surface area contributed by atoms with Gasteiger partial charge in [0.1, 0.15) is 0 Å². The first-order valence-corrected chi connectivity index (χ1v) is 5.30. The second-order valence-electron chi connectivity index (χ2n) is 4.38. The minimum absolute atomic E-state index is 0. The van der Waals surface area contributed by atoms with Crippen LogP contribution in [-0.4, -0.2) is 5.97 Å². The van der Waals surface area contributed by atoms with E-state index in [1.165, 1.54) is 5.56 Å². The molecular formula is C13H17LiO2. The van der Waals surface area contributed by atoms with E-state index in [0.29, 0.717) is 5.92 Å². The molecule has 1 atom stereocenters. The first-order valence-electron chi connectivity index (χ1n) is 5.30. The average Bonchev–Trinajstić information content (AvgIpc) is 2.17. The van der Waals surface area contributed by atoms with Crippen LogP contribution in [0.15, 0.2) is 24.3 Å². The van der Waals surface area contributed by atoms with Crippen molar-refractivity contribution < 1.29 is 28.8 Å². The van der Waals surface area contributed by atoms with Gasteiger partial charge >= 0.3 is 18.9 Å². The molecule has 1 rings (SSSR count). The van der Waals surface area contributed by atoms with Gasteiger partial charge in [0.15, 0.2) is 0 Å². The molecule has 1 aromatic rings. The Hall–Kier alpha value is -0.713. The van der Waals surface area contributed by atoms with Gasteiger partial charge in [0.05, 0.1) is 0 Å². The number of carboxylic acid groups (broad SMARTS) is 1. The summed E-state index contributed by atoms with van der Waals surface area (Å²) in [6.45, 7) is 5.97. The van der Waals surface area contributed by atoms with Crippen LogP contribution in [0.5, 0.6) is 0 Å². The number of carbonyl (C=O) groups is 1. The third kappa shape index (κ3) is 4.43. The van der Waals surface area contributed by atoms with Crippen molar-refractivity contribution in [3.63, 3.8) is 0 Å². The van der Waals surface area contributed by atoms with Gasteiger partial charge < -0.3 is 9.90 Å². The maximum atomic E-state index is 10.7. The van der Waals surface area contributed by atoms with Crippen molar-refractivity contribution in [3.05, 3.63) is 35.4 Å². The van der Waals surface area contributed by atoms with Gasteiger partial charge in [-0.05, 0) is 23.5 Å². The molecule has 3 heteroatoms. The zero-order valence-electron chi connectivity index (χ0n) is 10.5. The number of benzene rings is 1. The molecule has 2 nitrogen and oxygen atoms in total. The maximum Gasteiger partial charge on any atom is 1.00 e. The second kappa shape index (κ2) is 6.78. The Morgan fingerprint density at radius 2 is 1.69 bits per heavy atom. The van der Waals surface area contributed by atoms with Crippen LogP contribution in [0, 0.1) is 5.92 Å². The van der Waals surface area contributed by atoms with E-state index in [-0.39, 0.29) is 18.9 Å². The van der Waals surface area contributed by atoms with E-state index in [1.807, 2.05) is 24.3 Å². The average molecular weight is 212 g/mol. The fourth-order valence-corrected chi connectivity index (χ4v) is 1.55. The fraction of sp³-hybridized carbons (Fsp3) is 0.462. The number of rotatable bonds is 4. The van der Waals surface area contributed by atoms with Crippen LogP contribution >= 0.6 is 0 Å². The van der Waals surface area contributed by atoms with Crippen LogP contribution in [0.1, 0.15) is 37.8 Å². The molecule has 1 unspecified atom stereocenters. The molecule has 0 radical (unpaired) electrons. The van der Waals surface area contributed by atoms with Crippen molar-refractivity contribution in [1.82, 2.24) is 0 Å². The zero-order chi connectivity index (χ0) is 11.4. The molecule has 16 heavy (non-hydrogen) atoms. The molecule has 0 aliphatic heterocycles. The molecule has 0 saturated heterocycles. The number of carbonyl (C=O) groups excluding carboxylic acids is 1. The summed E-state index contributed by atoms with van der Waals surface area (Å²) in [4.78, 5) is 10.7. The summed E-state index contributed by atoms with van der Waals surface area (Å²) < 4.78 is 0. The molecule has 0 bridgehead atoms. The first kappa shape index (κ1) is 15.3. The summed E-state index contributed by atoms with van der Waals surface area (Å²) in [5.74, 6) is -0.931. The molecular weight excluding hydrogens is 195 g/mol. The Morgan fingerprint density at radius 1 is 1.19 bits per heavy atom. The quantitative estimate of drug-likeness (QED) is 0.585. The summed E-state index contributed by atoms with van der Waals surface area (Å²) in [6.07, 6.45) is 1.03. The van der Waals surface area contributed by atoms with Gasteiger partial charge in [-0.25, -0.2) is 0 Å². The van der Waals surface area contributed by atoms with E-state index in [2.05, 4.69) is 13.8 Å². The smallest absolute Gasteiger partial charge is 0.550 e. The Balaban J connectivity index is 0.00000225.